The maximum atomic E-state index is 5.11. The smallest absolute Gasteiger partial charge is 0.126 e. The zero-order valence-corrected chi connectivity index (χ0v) is 19.2. The number of nitrogens with zero attached hydrogens (tertiary/aromatic N) is 2. The van der Waals surface area contributed by atoms with Gasteiger partial charge in [-0.1, -0.05) is 56.1 Å². The molecule has 0 amide bonds. The van der Waals surface area contributed by atoms with E-state index in [1.807, 2.05) is 24.3 Å². The number of benzene rings is 2. The summed E-state index contributed by atoms with van der Waals surface area (Å²) in [6.45, 7) is 0. The van der Waals surface area contributed by atoms with Gasteiger partial charge >= 0.3 is 0 Å². The summed E-state index contributed by atoms with van der Waals surface area (Å²) in [7, 11) is 0. The minimum Gasteiger partial charge on any atom is -0.236 e. The lowest BCUT2D eigenvalue weighted by atomic mass is 10.0. The van der Waals surface area contributed by atoms with E-state index in [2.05, 4.69) is 79.0 Å². The van der Waals surface area contributed by atoms with Crippen molar-refractivity contribution >= 4 is 76.0 Å². The second-order valence-electron chi connectivity index (χ2n) is 6.22. The predicted molar refractivity (Wildman–Crippen MR) is 128 cm³/mol. The van der Waals surface area contributed by atoms with Crippen molar-refractivity contribution in [2.45, 2.75) is 0 Å². The van der Waals surface area contributed by atoms with Crippen molar-refractivity contribution in [2.24, 2.45) is 9.98 Å². The molecule has 0 aliphatic carbocycles. The number of halogens is 2. The molecule has 28 heavy (non-hydrogen) atoms. The van der Waals surface area contributed by atoms with Crippen LogP contribution in [-0.2, 0) is 0 Å². The van der Waals surface area contributed by atoms with Crippen molar-refractivity contribution in [3.63, 3.8) is 0 Å². The third-order valence-electron chi connectivity index (χ3n) is 4.42. The molecule has 0 atom stereocenters. The van der Waals surface area contributed by atoms with Gasteiger partial charge in [0.15, 0.2) is 0 Å². The summed E-state index contributed by atoms with van der Waals surface area (Å²) < 4.78 is 2.08. The lowest BCUT2D eigenvalue weighted by Gasteiger charge is -2.13. The van der Waals surface area contributed by atoms with Crippen molar-refractivity contribution in [3.05, 3.63) is 103 Å². The molecule has 0 spiro atoms. The first-order chi connectivity index (χ1) is 13.7. The molecule has 3 heterocycles. The van der Waals surface area contributed by atoms with Crippen molar-refractivity contribution in [2.75, 3.05) is 0 Å². The molecule has 0 N–H and O–H groups in total. The summed E-state index contributed by atoms with van der Waals surface area (Å²) in [6, 6.07) is 20.8. The van der Waals surface area contributed by atoms with Crippen LogP contribution in [0.25, 0.3) is 0 Å². The Hall–Kier alpha value is -1.86. The summed E-state index contributed by atoms with van der Waals surface area (Å²) in [5.41, 5.74) is 6.20. The molecule has 0 saturated carbocycles. The molecule has 0 bridgehead atoms. The summed E-state index contributed by atoms with van der Waals surface area (Å²) in [6.07, 6.45) is 0. The second kappa shape index (κ2) is 7.52. The highest BCUT2D eigenvalue weighted by atomic mass is 79.9. The van der Waals surface area contributed by atoms with Crippen molar-refractivity contribution < 1.29 is 0 Å². The zero-order valence-electron chi connectivity index (χ0n) is 14.4. The molecule has 136 valence electrons. The SMILES string of the molecule is Brc1cccc(/C2=N/c3sccc3/C(c3cccc(Br)c3)=N\c3sccc32)c1. The topological polar surface area (TPSA) is 24.7 Å². The van der Waals surface area contributed by atoms with E-state index in [0.717, 1.165) is 52.6 Å². The molecule has 1 aliphatic rings. The van der Waals surface area contributed by atoms with E-state index < -0.39 is 0 Å². The quantitative estimate of drug-likeness (QED) is 0.222. The number of aliphatic imine (C=N–C) groups is 2. The predicted octanol–water partition coefficient (Wildman–Crippen LogP) is 7.99. The maximum Gasteiger partial charge on any atom is 0.126 e. The lowest BCUT2D eigenvalue weighted by molar-refractivity contribution is 1.46. The molecule has 0 saturated heterocycles. The lowest BCUT2D eigenvalue weighted by Crippen LogP contribution is -2.07. The molecular formula is C22H12Br2N2S2. The van der Waals surface area contributed by atoms with E-state index in [1.165, 1.54) is 0 Å². The average molecular weight is 528 g/mol. The van der Waals surface area contributed by atoms with Crippen molar-refractivity contribution in [1.29, 1.82) is 0 Å². The van der Waals surface area contributed by atoms with Gasteiger partial charge in [-0.3, -0.25) is 0 Å². The highest BCUT2D eigenvalue weighted by molar-refractivity contribution is 9.10. The standard InChI is InChI=1S/C22H12Br2N2S2/c23-15-5-1-3-13(11-15)19-17-7-9-27-21(17)26-20(14-4-2-6-16(24)12-14)18-8-10-28-22(18)25-19/h1-12H/b19-17?,20-18?,25-19-,25-22?,26-20-,26-21?. The van der Waals surface area contributed by atoms with Gasteiger partial charge in [-0.15, -0.1) is 22.7 Å². The second-order valence-corrected chi connectivity index (χ2v) is 9.84. The Balaban J connectivity index is 1.77. The van der Waals surface area contributed by atoms with E-state index in [4.69, 9.17) is 9.98 Å². The molecule has 0 fully saturated rings. The van der Waals surface area contributed by atoms with E-state index in [0.29, 0.717) is 0 Å². The molecule has 0 radical (unpaired) electrons. The fraction of sp³-hybridized carbons (Fsp3) is 0. The Labute approximate surface area is 187 Å². The van der Waals surface area contributed by atoms with Crippen molar-refractivity contribution in [3.8, 4) is 0 Å². The third kappa shape index (κ3) is 3.35. The fourth-order valence-corrected chi connectivity index (χ4v) is 5.51. The van der Waals surface area contributed by atoms with Crippen LogP contribution in [0.15, 0.2) is 90.4 Å². The van der Waals surface area contributed by atoms with Gasteiger partial charge in [0.05, 0.1) is 11.4 Å². The molecular weight excluding hydrogens is 516 g/mol. The summed E-state index contributed by atoms with van der Waals surface area (Å²) in [5, 5.41) is 6.12. The summed E-state index contributed by atoms with van der Waals surface area (Å²) >= 11 is 10.5. The fourth-order valence-electron chi connectivity index (χ4n) is 3.17. The van der Waals surface area contributed by atoms with E-state index in [-0.39, 0.29) is 0 Å². The van der Waals surface area contributed by atoms with Gasteiger partial charge in [0.1, 0.15) is 10.0 Å². The van der Waals surface area contributed by atoms with Gasteiger partial charge in [0.2, 0.25) is 0 Å². The molecule has 6 heteroatoms. The van der Waals surface area contributed by atoms with E-state index in [9.17, 15) is 0 Å². The minimum atomic E-state index is 0.957. The molecule has 2 aromatic carbocycles. The number of fused-ring (bicyclic) bond motifs is 2. The van der Waals surface area contributed by atoms with Gasteiger partial charge in [-0.25, -0.2) is 9.98 Å². The van der Waals surface area contributed by atoms with Gasteiger partial charge in [0, 0.05) is 31.2 Å². The Morgan fingerprint density at radius 1 is 0.607 bits per heavy atom. The van der Waals surface area contributed by atoms with Crippen LogP contribution in [0.5, 0.6) is 0 Å². The van der Waals surface area contributed by atoms with Crippen LogP contribution in [0.3, 0.4) is 0 Å². The third-order valence-corrected chi connectivity index (χ3v) is 7.02. The van der Waals surface area contributed by atoms with Crippen molar-refractivity contribution in [1.82, 2.24) is 0 Å². The maximum absolute atomic E-state index is 5.11. The summed E-state index contributed by atoms with van der Waals surface area (Å²) in [4.78, 5) is 10.2. The zero-order chi connectivity index (χ0) is 19.1. The van der Waals surface area contributed by atoms with Crippen LogP contribution in [-0.4, -0.2) is 11.4 Å². The number of hydrogen-bond donors (Lipinski definition) is 0. The van der Waals surface area contributed by atoms with E-state index >= 15 is 0 Å². The minimum absolute atomic E-state index is 0.957. The van der Waals surface area contributed by atoms with Crippen LogP contribution in [0.2, 0.25) is 0 Å². The molecule has 5 rings (SSSR count). The van der Waals surface area contributed by atoms with Crippen LogP contribution in [0, 0.1) is 0 Å². The Morgan fingerprint density at radius 3 is 1.50 bits per heavy atom. The first kappa shape index (κ1) is 18.2. The Bertz CT molecular complexity index is 1150. The first-order valence-corrected chi connectivity index (χ1v) is 11.9. The Kier molecular flexibility index (Phi) is 4.88. The molecule has 0 unspecified atom stereocenters. The van der Waals surface area contributed by atoms with Crippen LogP contribution >= 0.6 is 54.5 Å². The normalized spacial score (nSPS) is 16.8. The molecule has 1 aliphatic heterocycles. The van der Waals surface area contributed by atoms with Gasteiger partial charge in [0.25, 0.3) is 0 Å². The van der Waals surface area contributed by atoms with Gasteiger partial charge < -0.3 is 0 Å². The average Bonchev–Trinajstić information content (AvgIpc) is 3.31. The molecule has 4 aromatic rings. The van der Waals surface area contributed by atoms with Crippen LogP contribution in [0.1, 0.15) is 22.3 Å². The Morgan fingerprint density at radius 2 is 1.07 bits per heavy atom. The highest BCUT2D eigenvalue weighted by Crippen LogP contribution is 2.38. The van der Waals surface area contributed by atoms with Gasteiger partial charge in [-0.2, -0.15) is 0 Å². The largest absolute Gasteiger partial charge is 0.236 e. The number of rotatable bonds is 2. The number of hydrogen-bond acceptors (Lipinski definition) is 4. The molecule has 2 nitrogen and oxygen atoms in total. The van der Waals surface area contributed by atoms with Gasteiger partial charge in [-0.05, 0) is 47.2 Å². The highest BCUT2D eigenvalue weighted by Gasteiger charge is 2.21. The van der Waals surface area contributed by atoms with Crippen LogP contribution in [0.4, 0.5) is 10.0 Å². The first-order valence-electron chi connectivity index (χ1n) is 8.54. The molecule has 2 aromatic heterocycles. The number of thiophene rings is 2. The monoisotopic (exact) mass is 526 g/mol. The van der Waals surface area contributed by atoms with E-state index in [1.54, 1.807) is 22.7 Å². The summed E-state index contributed by atoms with van der Waals surface area (Å²) in [5.74, 6) is 0. The van der Waals surface area contributed by atoms with Crippen LogP contribution < -0.4 is 0 Å².